The van der Waals surface area contributed by atoms with Crippen molar-refractivity contribution >= 4 is 23.0 Å². The molecule has 2 aliphatic rings. The van der Waals surface area contributed by atoms with E-state index in [0.717, 1.165) is 58.2 Å². The first-order chi connectivity index (χ1) is 17.7. The molecule has 2 heterocycles. The summed E-state index contributed by atoms with van der Waals surface area (Å²) in [6.45, 7) is 8.93. The van der Waals surface area contributed by atoms with Gasteiger partial charge in [-0.1, -0.05) is 67.6 Å². The van der Waals surface area contributed by atoms with Crippen LogP contribution in [0.4, 0.5) is 17.1 Å². The van der Waals surface area contributed by atoms with Gasteiger partial charge in [0.2, 0.25) is 5.91 Å². The number of carbonyl (C=O) groups excluding carboxylic acids is 1. The maximum absolute atomic E-state index is 12.1. The minimum atomic E-state index is 0.0402. The van der Waals surface area contributed by atoms with E-state index in [1.54, 1.807) is 0 Å². The maximum atomic E-state index is 12.1. The normalized spacial score (nSPS) is 16.8. The lowest BCUT2D eigenvalue weighted by molar-refractivity contribution is -0.115. The smallest absolute Gasteiger partial charge is 0.224 e. The summed E-state index contributed by atoms with van der Waals surface area (Å²) in [7, 11) is 0. The molecule has 0 unspecified atom stereocenters. The largest absolute Gasteiger partial charge is 0.378 e. The van der Waals surface area contributed by atoms with E-state index in [0.29, 0.717) is 6.42 Å². The number of piperazine rings is 1. The predicted octanol–water partition coefficient (Wildman–Crippen LogP) is 4.78. The Morgan fingerprint density at radius 1 is 0.778 bits per heavy atom. The third-order valence-electron chi connectivity index (χ3n) is 7.18. The minimum absolute atomic E-state index is 0.0402. The zero-order valence-corrected chi connectivity index (χ0v) is 21.1. The molecule has 0 atom stereocenters. The van der Waals surface area contributed by atoms with Crippen molar-refractivity contribution in [3.63, 3.8) is 0 Å². The van der Waals surface area contributed by atoms with Crippen molar-refractivity contribution in [3.8, 4) is 0 Å². The number of hydrogen-bond donors (Lipinski definition) is 1. The molecule has 3 aromatic rings. The number of carbonyl (C=O) groups is 1. The molecule has 2 fully saturated rings. The fraction of sp³-hybridized carbons (Fsp3) is 0.367. The summed E-state index contributed by atoms with van der Waals surface area (Å²) in [4.78, 5) is 19.6. The van der Waals surface area contributed by atoms with Gasteiger partial charge in [-0.3, -0.25) is 9.69 Å². The Hall–Kier alpha value is -3.35. The summed E-state index contributed by atoms with van der Waals surface area (Å²) >= 11 is 0. The number of hydrogen-bond acceptors (Lipinski definition) is 5. The molecule has 188 valence electrons. The Bertz CT molecular complexity index is 1080. The van der Waals surface area contributed by atoms with E-state index in [9.17, 15) is 4.79 Å². The van der Waals surface area contributed by atoms with Crippen LogP contribution in [0.5, 0.6) is 0 Å². The molecule has 0 aliphatic carbocycles. The first-order valence-electron chi connectivity index (χ1n) is 13.1. The fourth-order valence-electron chi connectivity index (χ4n) is 5.28. The van der Waals surface area contributed by atoms with Crippen LogP contribution >= 0.6 is 0 Å². The highest BCUT2D eigenvalue weighted by atomic mass is 16.5. The zero-order chi connectivity index (χ0) is 24.7. The van der Waals surface area contributed by atoms with Crippen molar-refractivity contribution in [2.75, 3.05) is 67.6 Å². The lowest BCUT2D eigenvalue weighted by atomic mass is 9.96. The van der Waals surface area contributed by atoms with Crippen LogP contribution in [0, 0.1) is 0 Å². The van der Waals surface area contributed by atoms with Crippen LogP contribution in [0.25, 0.3) is 0 Å². The molecule has 2 saturated heterocycles. The number of benzene rings is 3. The van der Waals surface area contributed by atoms with E-state index in [1.165, 1.54) is 22.5 Å². The van der Waals surface area contributed by atoms with Gasteiger partial charge in [0, 0.05) is 51.4 Å². The first kappa shape index (κ1) is 24.3. The molecular formula is C30H36N4O2. The summed E-state index contributed by atoms with van der Waals surface area (Å²) in [5.74, 6) is 0.0402. The molecule has 6 heteroatoms. The first-order valence-corrected chi connectivity index (χ1v) is 13.1. The van der Waals surface area contributed by atoms with Gasteiger partial charge in [-0.15, -0.1) is 0 Å². The molecule has 0 saturated carbocycles. The van der Waals surface area contributed by atoms with Crippen molar-refractivity contribution in [1.82, 2.24) is 4.90 Å². The Kier molecular flexibility index (Phi) is 7.84. The molecule has 0 spiro atoms. The highest BCUT2D eigenvalue weighted by Crippen LogP contribution is 2.36. The fourth-order valence-corrected chi connectivity index (χ4v) is 5.28. The van der Waals surface area contributed by atoms with Gasteiger partial charge in [0.1, 0.15) is 0 Å². The number of morpholine rings is 1. The summed E-state index contributed by atoms with van der Waals surface area (Å²) in [6, 6.07) is 28.2. The molecule has 2 aliphatic heterocycles. The number of ether oxygens (including phenoxy) is 1. The van der Waals surface area contributed by atoms with E-state index in [-0.39, 0.29) is 11.9 Å². The van der Waals surface area contributed by atoms with Gasteiger partial charge in [-0.2, -0.15) is 0 Å². The molecule has 1 amide bonds. The SMILES string of the molecule is CCC(=O)Nc1ccc(N2CCOCC2)c(N2CCN(C(c3ccccc3)c3ccccc3)CC2)c1. The molecule has 6 nitrogen and oxygen atoms in total. The van der Waals surface area contributed by atoms with E-state index < -0.39 is 0 Å². The average molecular weight is 485 g/mol. The maximum Gasteiger partial charge on any atom is 0.224 e. The van der Waals surface area contributed by atoms with Crippen LogP contribution < -0.4 is 15.1 Å². The summed E-state index contributed by atoms with van der Waals surface area (Å²) in [5, 5.41) is 3.05. The topological polar surface area (TPSA) is 48.1 Å². The quantitative estimate of drug-likeness (QED) is 0.523. The Labute approximate surface area is 214 Å². The number of nitrogens with zero attached hydrogens (tertiary/aromatic N) is 3. The zero-order valence-electron chi connectivity index (χ0n) is 21.1. The molecule has 0 aromatic heterocycles. The predicted molar refractivity (Wildman–Crippen MR) is 147 cm³/mol. The second-order valence-corrected chi connectivity index (χ2v) is 9.45. The molecule has 3 aromatic carbocycles. The van der Waals surface area contributed by atoms with Gasteiger partial charge < -0.3 is 19.9 Å². The second-order valence-electron chi connectivity index (χ2n) is 9.45. The molecule has 0 bridgehead atoms. The third-order valence-corrected chi connectivity index (χ3v) is 7.18. The highest BCUT2D eigenvalue weighted by molar-refractivity contribution is 5.92. The number of amides is 1. The van der Waals surface area contributed by atoms with Crippen molar-refractivity contribution in [2.45, 2.75) is 19.4 Å². The van der Waals surface area contributed by atoms with Crippen molar-refractivity contribution in [3.05, 3.63) is 90.0 Å². The molecule has 1 N–H and O–H groups in total. The van der Waals surface area contributed by atoms with Crippen molar-refractivity contribution in [1.29, 1.82) is 0 Å². The van der Waals surface area contributed by atoms with Crippen LogP contribution in [-0.4, -0.2) is 63.3 Å². The van der Waals surface area contributed by atoms with Gasteiger partial charge in [0.25, 0.3) is 0 Å². The lowest BCUT2D eigenvalue weighted by Gasteiger charge is -2.42. The minimum Gasteiger partial charge on any atom is -0.378 e. The van der Waals surface area contributed by atoms with Gasteiger partial charge >= 0.3 is 0 Å². The molecule has 36 heavy (non-hydrogen) atoms. The Morgan fingerprint density at radius 2 is 1.36 bits per heavy atom. The highest BCUT2D eigenvalue weighted by Gasteiger charge is 2.28. The molecular weight excluding hydrogens is 448 g/mol. The van der Waals surface area contributed by atoms with Crippen LogP contribution in [0.3, 0.4) is 0 Å². The number of rotatable bonds is 7. The van der Waals surface area contributed by atoms with Crippen molar-refractivity contribution < 1.29 is 9.53 Å². The van der Waals surface area contributed by atoms with Gasteiger partial charge in [0.05, 0.1) is 30.6 Å². The van der Waals surface area contributed by atoms with Gasteiger partial charge in [-0.05, 0) is 29.3 Å². The van der Waals surface area contributed by atoms with Crippen LogP contribution in [0.15, 0.2) is 78.9 Å². The number of nitrogens with one attached hydrogen (secondary N) is 1. The van der Waals surface area contributed by atoms with Crippen LogP contribution in [0.1, 0.15) is 30.5 Å². The summed E-state index contributed by atoms with van der Waals surface area (Å²) in [5.41, 5.74) is 5.94. The molecule has 5 rings (SSSR count). The van der Waals surface area contributed by atoms with E-state index >= 15 is 0 Å². The van der Waals surface area contributed by atoms with Crippen LogP contribution in [-0.2, 0) is 9.53 Å². The van der Waals surface area contributed by atoms with E-state index in [2.05, 4.69) is 92.8 Å². The average Bonchev–Trinajstić information content (AvgIpc) is 2.95. The van der Waals surface area contributed by atoms with Gasteiger partial charge in [-0.25, -0.2) is 0 Å². The van der Waals surface area contributed by atoms with Crippen molar-refractivity contribution in [2.24, 2.45) is 0 Å². The number of anilines is 3. The molecule has 0 radical (unpaired) electrons. The Morgan fingerprint density at radius 3 is 1.94 bits per heavy atom. The lowest BCUT2D eigenvalue weighted by Crippen LogP contribution is -2.48. The Balaban J connectivity index is 1.39. The second kappa shape index (κ2) is 11.6. The van der Waals surface area contributed by atoms with E-state index in [1.807, 2.05) is 13.0 Å². The van der Waals surface area contributed by atoms with Gasteiger partial charge in [0.15, 0.2) is 0 Å². The third kappa shape index (κ3) is 5.55. The standard InChI is InChI=1S/C30H36N4O2/c1-2-29(35)31-26-13-14-27(33-19-21-36-22-20-33)28(23-26)32-15-17-34(18-16-32)30(24-9-5-3-6-10-24)25-11-7-4-8-12-25/h3-14,23,30H,2,15-22H2,1H3,(H,31,35). The van der Waals surface area contributed by atoms with Crippen LogP contribution in [0.2, 0.25) is 0 Å². The summed E-state index contributed by atoms with van der Waals surface area (Å²) < 4.78 is 5.60. The monoisotopic (exact) mass is 484 g/mol. The van der Waals surface area contributed by atoms with E-state index in [4.69, 9.17) is 4.74 Å². The summed E-state index contributed by atoms with van der Waals surface area (Å²) in [6.07, 6.45) is 0.472.